The Morgan fingerprint density at radius 2 is 2.50 bits per heavy atom. The molecule has 0 aromatic carbocycles. The highest BCUT2D eigenvalue weighted by Gasteiger charge is 2.00. The third-order valence-electron chi connectivity index (χ3n) is 1.44. The minimum absolute atomic E-state index is 0.0971. The zero-order chi connectivity index (χ0) is 11.1. The van der Waals surface area contributed by atoms with Crippen molar-refractivity contribution in [3.63, 3.8) is 0 Å². The van der Waals surface area contributed by atoms with Crippen LogP contribution in [0.3, 0.4) is 0 Å². The Bertz CT molecular complexity index is 512. The van der Waals surface area contributed by atoms with Gasteiger partial charge in [0.15, 0.2) is 0 Å². The lowest BCUT2D eigenvalue weighted by molar-refractivity contribution is 1.18. The highest BCUT2D eigenvalue weighted by molar-refractivity contribution is 6.29. The van der Waals surface area contributed by atoms with E-state index < -0.39 is 6.85 Å². The molecule has 2 rings (SSSR count). The van der Waals surface area contributed by atoms with E-state index in [9.17, 15) is 0 Å². The molecule has 4 heteroatoms. The van der Waals surface area contributed by atoms with Crippen molar-refractivity contribution in [2.24, 2.45) is 0 Å². The maximum atomic E-state index is 7.34. The van der Waals surface area contributed by atoms with Gasteiger partial charge < -0.3 is 0 Å². The Morgan fingerprint density at radius 1 is 1.58 bits per heavy atom. The lowest BCUT2D eigenvalue weighted by atomic mass is 10.2. The van der Waals surface area contributed by atoms with E-state index in [-0.39, 0.29) is 10.7 Å². The maximum Gasteiger partial charge on any atom is 0.130 e. The fourth-order valence-corrected chi connectivity index (χ4v) is 1.15. The molecule has 0 fully saturated rings. The van der Waals surface area contributed by atoms with Crippen LogP contribution in [0.2, 0.25) is 5.15 Å². The van der Waals surface area contributed by atoms with Crippen molar-refractivity contribution in [3.05, 3.63) is 29.3 Å². The molecule has 0 saturated heterocycles. The molecular formula is C8H6ClN3. The lowest BCUT2D eigenvalue weighted by Gasteiger charge is -1.98. The Kier molecular flexibility index (Phi) is 1.05. The number of aryl methyl sites for hydroxylation is 1. The largest absolute Gasteiger partial charge is 0.243 e. The van der Waals surface area contributed by atoms with Gasteiger partial charge in [-0.1, -0.05) is 11.6 Å². The fraction of sp³-hybridized carbons (Fsp3) is 0.125. The molecule has 60 valence electrons. The van der Waals surface area contributed by atoms with Crippen LogP contribution in [-0.2, 0) is 0 Å². The summed E-state index contributed by atoms with van der Waals surface area (Å²) < 4.78 is 22.0. The van der Waals surface area contributed by atoms with Gasteiger partial charge in [-0.3, -0.25) is 0 Å². The summed E-state index contributed by atoms with van der Waals surface area (Å²) in [7, 11) is 0. The smallest absolute Gasteiger partial charge is 0.130 e. The van der Waals surface area contributed by atoms with E-state index in [4.69, 9.17) is 15.7 Å². The van der Waals surface area contributed by atoms with Gasteiger partial charge in [0.05, 0.1) is 11.7 Å². The van der Waals surface area contributed by atoms with Gasteiger partial charge in [0.2, 0.25) is 0 Å². The van der Waals surface area contributed by atoms with Gasteiger partial charge in [-0.15, -0.1) is 0 Å². The Balaban J connectivity index is 2.83. The summed E-state index contributed by atoms with van der Waals surface area (Å²) >= 11 is 5.71. The number of pyridine rings is 1. The fourth-order valence-electron chi connectivity index (χ4n) is 0.946. The summed E-state index contributed by atoms with van der Waals surface area (Å²) in [6.45, 7) is -2.25. The minimum atomic E-state index is -2.25. The maximum absolute atomic E-state index is 7.34. The predicted octanol–water partition coefficient (Wildman–Crippen LogP) is 1.99. The third-order valence-corrected chi connectivity index (χ3v) is 1.63. The van der Waals surface area contributed by atoms with Crippen LogP contribution < -0.4 is 0 Å². The molecule has 2 heterocycles. The number of halogens is 1. The molecule has 0 spiro atoms. The second-order valence-electron chi connectivity index (χ2n) is 2.25. The molecule has 0 atom stereocenters. The van der Waals surface area contributed by atoms with Gasteiger partial charge in [-0.25, -0.2) is 15.0 Å². The molecule has 2 aromatic heterocycles. The molecule has 0 saturated carbocycles. The van der Waals surface area contributed by atoms with Gasteiger partial charge in [0, 0.05) is 4.11 Å². The summed E-state index contributed by atoms with van der Waals surface area (Å²) in [5, 5.41) is 0.128. The van der Waals surface area contributed by atoms with Crippen molar-refractivity contribution in [1.29, 1.82) is 0 Å². The lowest BCUT2D eigenvalue weighted by Crippen LogP contribution is -1.88. The van der Waals surface area contributed by atoms with E-state index in [0.717, 1.165) is 0 Å². The zero-order valence-electron chi connectivity index (χ0n) is 8.95. The Labute approximate surface area is 78.7 Å². The molecule has 0 amide bonds. The normalized spacial score (nSPS) is 15.2. The molecule has 0 aliphatic rings. The number of nitrogens with zero attached hydrogens (tertiary/aromatic N) is 3. The summed E-state index contributed by atoms with van der Waals surface area (Å²) in [6.07, 6.45) is 2.72. The van der Waals surface area contributed by atoms with Gasteiger partial charge >= 0.3 is 0 Å². The molecule has 0 radical (unpaired) electrons. The summed E-state index contributed by atoms with van der Waals surface area (Å²) in [4.78, 5) is 11.6. The highest BCUT2D eigenvalue weighted by atomic mass is 35.5. The van der Waals surface area contributed by atoms with Crippen LogP contribution in [0.1, 0.15) is 9.68 Å². The molecule has 0 aliphatic carbocycles. The topological polar surface area (TPSA) is 38.7 Å². The van der Waals surface area contributed by atoms with E-state index in [0.29, 0.717) is 11.0 Å². The van der Waals surface area contributed by atoms with E-state index in [2.05, 4.69) is 15.0 Å². The van der Waals surface area contributed by atoms with Crippen LogP contribution in [-0.4, -0.2) is 15.0 Å². The average Bonchev–Trinajstić information content (AvgIpc) is 2.15. The first-order valence-electron chi connectivity index (χ1n) is 4.75. The minimum Gasteiger partial charge on any atom is -0.243 e. The van der Waals surface area contributed by atoms with Crippen LogP contribution in [0, 0.1) is 6.85 Å². The van der Waals surface area contributed by atoms with E-state index in [1.807, 2.05) is 0 Å². The standard InChI is InChI=1S/C8H6ClN3/c1-5-2-7(9)12-6-3-10-4-11-8(5)6/h2-4H,1H3/i1D3. The van der Waals surface area contributed by atoms with Crippen LogP contribution in [0.15, 0.2) is 18.6 Å². The van der Waals surface area contributed by atoms with Gasteiger partial charge in [0.25, 0.3) is 0 Å². The van der Waals surface area contributed by atoms with Gasteiger partial charge in [0.1, 0.15) is 17.0 Å². The van der Waals surface area contributed by atoms with Crippen LogP contribution in [0.4, 0.5) is 0 Å². The van der Waals surface area contributed by atoms with Crippen molar-refractivity contribution in [1.82, 2.24) is 15.0 Å². The number of rotatable bonds is 0. The third kappa shape index (κ3) is 1.12. The first-order chi connectivity index (χ1) is 6.98. The zero-order valence-corrected chi connectivity index (χ0v) is 6.71. The number of fused-ring (bicyclic) bond motifs is 1. The predicted molar refractivity (Wildman–Crippen MR) is 47.1 cm³/mol. The molecule has 3 nitrogen and oxygen atoms in total. The van der Waals surface area contributed by atoms with Crippen LogP contribution in [0.25, 0.3) is 11.0 Å². The average molecular weight is 183 g/mol. The summed E-state index contributed by atoms with van der Waals surface area (Å²) in [6, 6.07) is 1.31. The molecular weight excluding hydrogens is 174 g/mol. The number of aromatic nitrogens is 3. The first-order valence-corrected chi connectivity index (χ1v) is 3.63. The number of hydrogen-bond acceptors (Lipinski definition) is 3. The Morgan fingerprint density at radius 3 is 3.33 bits per heavy atom. The van der Waals surface area contributed by atoms with Crippen molar-refractivity contribution in [2.45, 2.75) is 6.85 Å². The van der Waals surface area contributed by atoms with Crippen molar-refractivity contribution in [2.75, 3.05) is 0 Å². The van der Waals surface area contributed by atoms with Crippen molar-refractivity contribution >= 4 is 22.6 Å². The second-order valence-corrected chi connectivity index (χ2v) is 2.64. The van der Waals surface area contributed by atoms with Crippen molar-refractivity contribution in [3.8, 4) is 0 Å². The van der Waals surface area contributed by atoms with Gasteiger partial charge in [-0.05, 0) is 18.5 Å². The van der Waals surface area contributed by atoms with Crippen LogP contribution in [0.5, 0.6) is 0 Å². The Hall–Kier alpha value is -1.22. The SMILES string of the molecule is [2H]C([2H])([2H])c1cc(Cl)nc2cncnc12. The first kappa shape index (κ1) is 4.72. The summed E-state index contributed by atoms with van der Waals surface area (Å²) in [5.74, 6) is 0. The van der Waals surface area contributed by atoms with E-state index >= 15 is 0 Å². The van der Waals surface area contributed by atoms with Crippen LogP contribution >= 0.6 is 11.6 Å². The molecule has 2 aromatic rings. The van der Waals surface area contributed by atoms with E-state index in [1.54, 1.807) is 0 Å². The van der Waals surface area contributed by atoms with Gasteiger partial charge in [-0.2, -0.15) is 0 Å². The van der Waals surface area contributed by atoms with E-state index in [1.165, 1.54) is 18.6 Å². The van der Waals surface area contributed by atoms with Crippen molar-refractivity contribution < 1.29 is 4.11 Å². The molecule has 0 unspecified atom stereocenters. The highest BCUT2D eigenvalue weighted by Crippen LogP contribution is 2.16. The molecule has 12 heavy (non-hydrogen) atoms. The molecule has 0 N–H and O–H groups in total. The summed E-state index contributed by atoms with van der Waals surface area (Å²) in [5.41, 5.74) is 0.797. The molecule has 0 bridgehead atoms. The second kappa shape index (κ2) is 2.68. The number of hydrogen-bond donors (Lipinski definition) is 0. The monoisotopic (exact) mass is 182 g/mol. The quantitative estimate of drug-likeness (QED) is 0.585. The molecule has 0 aliphatic heterocycles.